The van der Waals surface area contributed by atoms with Crippen LogP contribution in [0.25, 0.3) is 0 Å². The summed E-state index contributed by atoms with van der Waals surface area (Å²) < 4.78 is -0.0473. The molecule has 4 nitrogen and oxygen atoms in total. The molecule has 0 aromatic rings. The van der Waals surface area contributed by atoms with Crippen LogP contribution in [-0.4, -0.2) is 33.2 Å². The van der Waals surface area contributed by atoms with E-state index in [9.17, 15) is 9.59 Å². The molecule has 0 amide bonds. The van der Waals surface area contributed by atoms with Gasteiger partial charge in [-0.15, -0.1) is 0 Å². The van der Waals surface area contributed by atoms with Gasteiger partial charge >= 0.3 is 5.97 Å². The van der Waals surface area contributed by atoms with Gasteiger partial charge in [-0.2, -0.15) is 16.8 Å². The van der Waals surface area contributed by atoms with Gasteiger partial charge in [0.25, 0.3) is 0 Å². The van der Waals surface area contributed by atoms with Gasteiger partial charge in [0.2, 0.25) is 6.08 Å². The summed E-state index contributed by atoms with van der Waals surface area (Å²) in [7, 11) is 0. The van der Waals surface area contributed by atoms with Gasteiger partial charge in [0.15, 0.2) is 5.54 Å². The molecule has 0 radical (unpaired) electrons. The van der Waals surface area contributed by atoms with E-state index < -0.39 is 11.5 Å². The standard InChI is InChI=1S/C10H17NO3S/c1-5-10(8(13)14,11-7-12)6-15-9(2,3)4/h5-6H2,1-4H3,(H,13,14). The van der Waals surface area contributed by atoms with E-state index in [0.717, 1.165) is 0 Å². The van der Waals surface area contributed by atoms with E-state index >= 15 is 0 Å². The number of hydrogen-bond acceptors (Lipinski definition) is 4. The molecule has 0 aliphatic carbocycles. The van der Waals surface area contributed by atoms with Gasteiger partial charge in [0.1, 0.15) is 0 Å². The number of carbonyl (C=O) groups excluding carboxylic acids is 1. The molecule has 1 N–H and O–H groups in total. The number of carbonyl (C=O) groups is 1. The van der Waals surface area contributed by atoms with E-state index in [1.807, 2.05) is 20.8 Å². The topological polar surface area (TPSA) is 66.7 Å². The van der Waals surface area contributed by atoms with Crippen LogP contribution in [0.5, 0.6) is 0 Å². The molecule has 0 aliphatic rings. The third-order valence-electron chi connectivity index (χ3n) is 1.99. The molecule has 0 spiro atoms. The first-order chi connectivity index (χ1) is 6.77. The molecule has 15 heavy (non-hydrogen) atoms. The minimum absolute atomic E-state index is 0.0473. The van der Waals surface area contributed by atoms with Gasteiger partial charge in [0, 0.05) is 10.5 Å². The molecule has 0 saturated heterocycles. The number of aliphatic carboxylic acids is 1. The summed E-state index contributed by atoms with van der Waals surface area (Å²) in [4.78, 5) is 24.8. The molecule has 0 aliphatic heterocycles. The van der Waals surface area contributed by atoms with Crippen LogP contribution in [0.4, 0.5) is 0 Å². The third-order valence-corrected chi connectivity index (χ3v) is 3.47. The normalized spacial score (nSPS) is 15.2. The van der Waals surface area contributed by atoms with Crippen LogP contribution in [0.3, 0.4) is 0 Å². The quantitative estimate of drug-likeness (QED) is 0.581. The van der Waals surface area contributed by atoms with Crippen LogP contribution in [0.1, 0.15) is 34.1 Å². The lowest BCUT2D eigenvalue weighted by Gasteiger charge is -2.26. The fourth-order valence-electron chi connectivity index (χ4n) is 0.897. The predicted molar refractivity (Wildman–Crippen MR) is 61.0 cm³/mol. The van der Waals surface area contributed by atoms with E-state index in [1.54, 1.807) is 6.92 Å². The van der Waals surface area contributed by atoms with Crippen LogP contribution in [0.2, 0.25) is 0 Å². The molecule has 0 fully saturated rings. The van der Waals surface area contributed by atoms with Crippen molar-refractivity contribution in [1.82, 2.24) is 0 Å². The Hall–Kier alpha value is -0.800. The van der Waals surface area contributed by atoms with Crippen molar-refractivity contribution in [3.63, 3.8) is 0 Å². The van der Waals surface area contributed by atoms with Crippen molar-refractivity contribution in [2.24, 2.45) is 4.99 Å². The first-order valence-corrected chi connectivity index (χ1v) is 5.72. The number of isocyanates is 1. The highest BCUT2D eigenvalue weighted by molar-refractivity contribution is 8.00. The minimum atomic E-state index is -1.32. The Balaban J connectivity index is 4.79. The van der Waals surface area contributed by atoms with E-state index in [2.05, 4.69) is 4.99 Å². The van der Waals surface area contributed by atoms with Crippen molar-refractivity contribution >= 4 is 23.8 Å². The number of nitrogens with zero attached hydrogens (tertiary/aromatic N) is 1. The molecule has 0 saturated carbocycles. The maximum Gasteiger partial charge on any atom is 0.333 e. The first kappa shape index (κ1) is 14.2. The summed E-state index contributed by atoms with van der Waals surface area (Å²) in [6.45, 7) is 7.68. The highest BCUT2D eigenvalue weighted by Crippen LogP contribution is 2.30. The van der Waals surface area contributed by atoms with E-state index in [4.69, 9.17) is 5.11 Å². The summed E-state index contributed by atoms with van der Waals surface area (Å²) in [6.07, 6.45) is 1.65. The van der Waals surface area contributed by atoms with Crippen LogP contribution in [-0.2, 0) is 9.59 Å². The largest absolute Gasteiger partial charge is 0.479 e. The Labute approximate surface area is 94.2 Å². The van der Waals surface area contributed by atoms with Gasteiger partial charge < -0.3 is 5.11 Å². The molecule has 86 valence electrons. The van der Waals surface area contributed by atoms with Crippen molar-refractivity contribution in [3.05, 3.63) is 0 Å². The zero-order chi connectivity index (χ0) is 12.1. The number of thioether (sulfide) groups is 1. The van der Waals surface area contributed by atoms with E-state index in [-0.39, 0.29) is 10.5 Å². The van der Waals surface area contributed by atoms with E-state index in [1.165, 1.54) is 17.8 Å². The number of aliphatic imine (C=N–C) groups is 1. The Bertz CT molecular complexity index is 275. The van der Waals surface area contributed by atoms with Crippen molar-refractivity contribution in [2.45, 2.75) is 44.4 Å². The van der Waals surface area contributed by atoms with Crippen molar-refractivity contribution in [3.8, 4) is 0 Å². The van der Waals surface area contributed by atoms with Crippen LogP contribution in [0.15, 0.2) is 4.99 Å². The third kappa shape index (κ3) is 4.49. The average Bonchev–Trinajstić information content (AvgIpc) is 2.10. The maximum atomic E-state index is 11.1. The Morgan fingerprint density at radius 3 is 2.27 bits per heavy atom. The molecule has 0 bridgehead atoms. The summed E-state index contributed by atoms with van der Waals surface area (Å²) >= 11 is 1.48. The van der Waals surface area contributed by atoms with Crippen molar-refractivity contribution < 1.29 is 14.7 Å². The lowest BCUT2D eigenvalue weighted by Crippen LogP contribution is -2.39. The molecule has 0 aromatic carbocycles. The van der Waals surface area contributed by atoms with E-state index in [0.29, 0.717) is 6.42 Å². The predicted octanol–water partition coefficient (Wildman–Crippen LogP) is 2.09. The molecule has 0 aromatic heterocycles. The van der Waals surface area contributed by atoms with Gasteiger partial charge in [-0.3, -0.25) is 0 Å². The second kappa shape index (κ2) is 5.33. The summed E-state index contributed by atoms with van der Waals surface area (Å²) in [5.74, 6) is -0.775. The fraction of sp³-hybridized carbons (Fsp3) is 0.800. The smallest absolute Gasteiger partial charge is 0.333 e. The highest BCUT2D eigenvalue weighted by Gasteiger charge is 2.38. The summed E-state index contributed by atoms with van der Waals surface area (Å²) in [5.41, 5.74) is -1.32. The number of carboxylic acid groups (broad SMARTS) is 1. The second-order valence-electron chi connectivity index (χ2n) is 4.29. The second-order valence-corrected chi connectivity index (χ2v) is 6.10. The monoisotopic (exact) mass is 231 g/mol. The molecule has 1 atom stereocenters. The Morgan fingerprint density at radius 1 is 1.47 bits per heavy atom. The van der Waals surface area contributed by atoms with Crippen LogP contribution in [0, 0.1) is 0 Å². The molecular weight excluding hydrogens is 214 g/mol. The molecule has 0 rings (SSSR count). The van der Waals surface area contributed by atoms with Crippen LogP contribution < -0.4 is 0 Å². The van der Waals surface area contributed by atoms with Gasteiger partial charge in [-0.05, 0) is 6.42 Å². The summed E-state index contributed by atoms with van der Waals surface area (Å²) in [6, 6.07) is 0. The number of carboxylic acids is 1. The average molecular weight is 231 g/mol. The van der Waals surface area contributed by atoms with Gasteiger partial charge in [0.05, 0.1) is 0 Å². The van der Waals surface area contributed by atoms with Gasteiger partial charge in [-0.25, -0.2) is 9.59 Å². The Kier molecular flexibility index (Phi) is 5.05. The highest BCUT2D eigenvalue weighted by atomic mass is 32.2. The SMILES string of the molecule is CCC(CSC(C)(C)C)(N=C=O)C(=O)O. The lowest BCUT2D eigenvalue weighted by molar-refractivity contribution is -0.142. The molecular formula is C10H17NO3S. The zero-order valence-corrected chi connectivity index (χ0v) is 10.3. The number of rotatable bonds is 5. The van der Waals surface area contributed by atoms with Crippen LogP contribution >= 0.6 is 11.8 Å². The fourth-order valence-corrected chi connectivity index (χ4v) is 1.96. The van der Waals surface area contributed by atoms with Crippen molar-refractivity contribution in [1.29, 1.82) is 0 Å². The van der Waals surface area contributed by atoms with Crippen molar-refractivity contribution in [2.75, 3.05) is 5.75 Å². The zero-order valence-electron chi connectivity index (χ0n) is 9.53. The lowest BCUT2D eigenvalue weighted by atomic mass is 10.0. The number of hydrogen-bond donors (Lipinski definition) is 1. The molecule has 0 heterocycles. The maximum absolute atomic E-state index is 11.1. The Morgan fingerprint density at radius 2 is 2.00 bits per heavy atom. The summed E-state index contributed by atoms with van der Waals surface area (Å²) in [5, 5.41) is 9.07. The van der Waals surface area contributed by atoms with Gasteiger partial charge in [-0.1, -0.05) is 27.7 Å². The molecule has 5 heteroatoms. The molecule has 1 unspecified atom stereocenters. The minimum Gasteiger partial charge on any atom is -0.479 e. The first-order valence-electron chi connectivity index (χ1n) is 4.74.